The Morgan fingerprint density at radius 3 is 1.06 bits per heavy atom. The molecule has 0 aromatic carbocycles. The molecule has 0 N–H and O–H groups in total. The van der Waals surface area contributed by atoms with E-state index in [1.54, 1.807) is 0 Å². The molecule has 0 aromatic heterocycles. The lowest BCUT2D eigenvalue weighted by Gasteiger charge is -2.39. The maximum Gasteiger partial charge on any atom is 0.460 e. The zero-order valence-electron chi connectivity index (χ0n) is 16.1. The van der Waals surface area contributed by atoms with Gasteiger partial charge in [0, 0.05) is 11.8 Å². The van der Waals surface area contributed by atoms with Crippen molar-refractivity contribution in [2.75, 3.05) is 5.33 Å². The highest BCUT2D eigenvalue weighted by Gasteiger charge is 2.90. The lowest BCUT2D eigenvalue weighted by Crippen LogP contribution is -2.70. The smallest absolute Gasteiger partial charge is 0.200 e. The maximum absolute atomic E-state index is 13.6. The average Bonchev–Trinajstić information content (AvgIpc) is 2.61. The van der Waals surface area contributed by atoms with Crippen LogP contribution < -0.4 is 0 Å². The molecule has 0 amide bonds. The van der Waals surface area contributed by atoms with Crippen LogP contribution in [0.25, 0.3) is 0 Å². The quantitative estimate of drug-likeness (QED) is 0.108. The molecular weight excluding hydrogens is 531 g/mol. The molecule has 0 rings (SSSR count). The summed E-state index contributed by atoms with van der Waals surface area (Å²) in [5.74, 6) is -36.3. The second kappa shape index (κ2) is 11.1. The predicted octanol–water partition coefficient (Wildman–Crippen LogP) is 9.02. The molecule has 0 aliphatic carbocycles. The van der Waals surface area contributed by atoms with Crippen molar-refractivity contribution in [2.45, 2.75) is 100.0 Å². The zero-order valence-corrected chi connectivity index (χ0v) is 17.7. The fraction of sp³-hybridized carbons (Fsp3) is 1.00. The second-order valence-electron chi connectivity index (χ2n) is 7.12. The van der Waals surface area contributed by atoms with Gasteiger partial charge in [-0.2, -0.15) is 57.1 Å². The molecular formula is C17H22BrF13. The summed E-state index contributed by atoms with van der Waals surface area (Å²) in [4.78, 5) is 0. The third kappa shape index (κ3) is 6.78. The van der Waals surface area contributed by atoms with Crippen LogP contribution in [0.15, 0.2) is 0 Å². The van der Waals surface area contributed by atoms with Crippen molar-refractivity contribution in [1.29, 1.82) is 0 Å². The molecule has 0 fully saturated rings. The van der Waals surface area contributed by atoms with Gasteiger partial charge in [0.05, 0.1) is 0 Å². The highest BCUT2D eigenvalue weighted by atomic mass is 79.9. The molecule has 0 radical (unpaired) electrons. The predicted molar refractivity (Wildman–Crippen MR) is 90.8 cm³/mol. The largest absolute Gasteiger partial charge is 0.460 e. The molecule has 31 heavy (non-hydrogen) atoms. The Kier molecular flexibility index (Phi) is 11.0. The summed E-state index contributed by atoms with van der Waals surface area (Å²) in [5, 5.41) is 0.838. The summed E-state index contributed by atoms with van der Waals surface area (Å²) >= 11 is 3.24. The van der Waals surface area contributed by atoms with Crippen LogP contribution in [-0.4, -0.2) is 41.1 Å². The van der Waals surface area contributed by atoms with Gasteiger partial charge in [0.25, 0.3) is 0 Å². The number of hydrogen-bond acceptors (Lipinski definition) is 0. The fourth-order valence-corrected chi connectivity index (χ4v) is 3.03. The summed E-state index contributed by atoms with van der Waals surface area (Å²) in [6.45, 7) is 0. The number of rotatable bonds is 15. The molecule has 0 unspecified atom stereocenters. The Morgan fingerprint density at radius 2 is 0.710 bits per heavy atom. The van der Waals surface area contributed by atoms with Crippen molar-refractivity contribution in [3.05, 3.63) is 0 Å². The van der Waals surface area contributed by atoms with Crippen LogP contribution in [0.2, 0.25) is 0 Å². The molecule has 0 nitrogen and oxygen atoms in total. The van der Waals surface area contributed by atoms with Crippen LogP contribution in [0, 0.1) is 0 Å². The standard InChI is InChI=1S/C17H22BrF13/c18-11-9-7-5-3-1-2-4-6-8-10-12(19,20)13(21,22)14(23,24)15(25,26)16(27,28)17(29,30)31/h1-11H2. The number of alkyl halides is 14. The van der Waals surface area contributed by atoms with Crippen molar-refractivity contribution in [1.82, 2.24) is 0 Å². The molecule has 0 aliphatic rings. The van der Waals surface area contributed by atoms with E-state index in [-0.39, 0.29) is 12.8 Å². The maximum atomic E-state index is 13.6. The highest BCUT2D eigenvalue weighted by molar-refractivity contribution is 9.09. The molecule has 0 aliphatic heterocycles. The summed E-state index contributed by atoms with van der Waals surface area (Å²) in [5.41, 5.74) is 0. The lowest BCUT2D eigenvalue weighted by atomic mass is 9.91. The van der Waals surface area contributed by atoms with Crippen molar-refractivity contribution in [3.8, 4) is 0 Å². The molecule has 0 atom stereocenters. The fourth-order valence-electron chi connectivity index (χ4n) is 2.64. The van der Waals surface area contributed by atoms with E-state index in [0.29, 0.717) is 12.8 Å². The van der Waals surface area contributed by atoms with Crippen LogP contribution in [-0.2, 0) is 0 Å². The third-order valence-electron chi connectivity index (χ3n) is 4.62. The Balaban J connectivity index is 4.95. The molecule has 0 saturated carbocycles. The van der Waals surface area contributed by atoms with Crippen LogP contribution >= 0.6 is 15.9 Å². The normalized spacial score (nSPS) is 14.9. The molecule has 0 saturated heterocycles. The van der Waals surface area contributed by atoms with E-state index in [2.05, 4.69) is 15.9 Å². The van der Waals surface area contributed by atoms with Gasteiger partial charge < -0.3 is 0 Å². The van der Waals surface area contributed by atoms with Gasteiger partial charge in [-0.3, -0.25) is 0 Å². The first-order valence-electron chi connectivity index (χ1n) is 9.33. The van der Waals surface area contributed by atoms with Crippen molar-refractivity contribution in [2.24, 2.45) is 0 Å². The Hall–Kier alpha value is -0.430. The molecule has 0 aromatic rings. The van der Waals surface area contributed by atoms with E-state index in [1.807, 2.05) is 0 Å². The summed E-state index contributed by atoms with van der Waals surface area (Å²) in [6.07, 6.45) is -5.42. The Labute approximate surface area is 179 Å². The number of hydrogen-bond donors (Lipinski definition) is 0. The van der Waals surface area contributed by atoms with Crippen LogP contribution in [0.4, 0.5) is 57.1 Å². The zero-order chi connectivity index (χ0) is 24.8. The lowest BCUT2D eigenvalue weighted by molar-refractivity contribution is -0.440. The van der Waals surface area contributed by atoms with Gasteiger partial charge in [0.15, 0.2) is 0 Å². The number of halogens is 14. The van der Waals surface area contributed by atoms with Crippen molar-refractivity contribution < 1.29 is 57.1 Å². The molecule has 188 valence electrons. The van der Waals surface area contributed by atoms with E-state index in [1.165, 1.54) is 0 Å². The molecule has 0 heterocycles. The topological polar surface area (TPSA) is 0 Å². The summed E-state index contributed by atoms with van der Waals surface area (Å²) in [7, 11) is 0. The van der Waals surface area contributed by atoms with Crippen LogP contribution in [0.3, 0.4) is 0 Å². The van der Waals surface area contributed by atoms with E-state index < -0.39 is 48.6 Å². The van der Waals surface area contributed by atoms with Gasteiger partial charge in [-0.1, -0.05) is 60.9 Å². The van der Waals surface area contributed by atoms with Gasteiger partial charge >= 0.3 is 35.8 Å². The summed E-state index contributed by atoms with van der Waals surface area (Å²) < 4.78 is 168. The van der Waals surface area contributed by atoms with Gasteiger partial charge in [-0.25, -0.2) is 0 Å². The average molecular weight is 553 g/mol. The monoisotopic (exact) mass is 552 g/mol. The highest BCUT2D eigenvalue weighted by Crippen LogP contribution is 2.60. The van der Waals surface area contributed by atoms with Gasteiger partial charge in [-0.15, -0.1) is 0 Å². The van der Waals surface area contributed by atoms with Gasteiger partial charge in [-0.05, 0) is 12.8 Å². The molecule has 0 bridgehead atoms. The summed E-state index contributed by atoms with van der Waals surface area (Å²) in [6, 6.07) is 0. The van der Waals surface area contributed by atoms with E-state index in [0.717, 1.165) is 31.0 Å². The minimum Gasteiger partial charge on any atom is -0.200 e. The van der Waals surface area contributed by atoms with E-state index >= 15 is 0 Å². The third-order valence-corrected chi connectivity index (χ3v) is 5.18. The molecule has 14 heteroatoms. The van der Waals surface area contributed by atoms with Gasteiger partial charge in [0.2, 0.25) is 0 Å². The van der Waals surface area contributed by atoms with Crippen molar-refractivity contribution in [3.63, 3.8) is 0 Å². The van der Waals surface area contributed by atoms with E-state index in [9.17, 15) is 57.1 Å². The minimum absolute atomic E-state index is 0.173. The SMILES string of the molecule is FC(F)(F)C(F)(F)C(F)(F)C(F)(F)C(F)(F)C(F)(F)CCCCCCCCCCCBr. The van der Waals surface area contributed by atoms with Crippen LogP contribution in [0.5, 0.6) is 0 Å². The van der Waals surface area contributed by atoms with E-state index in [4.69, 9.17) is 0 Å². The Bertz CT molecular complexity index is 529. The molecule has 0 spiro atoms. The first kappa shape index (κ1) is 30.6. The minimum atomic E-state index is -7.82. The first-order chi connectivity index (χ1) is 13.8. The van der Waals surface area contributed by atoms with Crippen molar-refractivity contribution >= 4 is 15.9 Å². The second-order valence-corrected chi connectivity index (χ2v) is 7.91. The van der Waals surface area contributed by atoms with Gasteiger partial charge in [0.1, 0.15) is 0 Å². The number of unbranched alkanes of at least 4 members (excludes halogenated alkanes) is 8. The first-order valence-corrected chi connectivity index (χ1v) is 10.4. The Morgan fingerprint density at radius 1 is 0.387 bits per heavy atom. The van der Waals surface area contributed by atoms with Crippen LogP contribution in [0.1, 0.15) is 64.2 Å².